The summed E-state index contributed by atoms with van der Waals surface area (Å²) in [6, 6.07) is 0.605. The molecule has 3 heterocycles. The summed E-state index contributed by atoms with van der Waals surface area (Å²) in [5, 5.41) is 0. The van der Waals surface area contributed by atoms with Crippen LogP contribution in [0.25, 0.3) is 0 Å². The van der Waals surface area contributed by atoms with E-state index in [1.54, 1.807) is 0 Å². The largest absolute Gasteiger partial charge is 0.490 e. The van der Waals surface area contributed by atoms with Crippen molar-refractivity contribution in [2.24, 2.45) is 0 Å². The normalized spacial score (nSPS) is 26.2. The second-order valence-corrected chi connectivity index (χ2v) is 5.57. The van der Waals surface area contributed by atoms with Gasteiger partial charge >= 0.3 is 30.3 Å². The fourth-order valence-electron chi connectivity index (χ4n) is 2.56. The number of alkyl halides is 6. The zero-order valence-electron chi connectivity index (χ0n) is 13.2. The van der Waals surface area contributed by atoms with E-state index in [1.807, 2.05) is 0 Å². The van der Waals surface area contributed by atoms with Gasteiger partial charge in [-0.05, 0) is 0 Å². The predicted molar refractivity (Wildman–Crippen MR) is 69.8 cm³/mol. The van der Waals surface area contributed by atoms with E-state index in [0.717, 1.165) is 16.8 Å². The number of nitrogens with zero attached hydrogens (tertiary/aromatic N) is 2. The third-order valence-corrected chi connectivity index (χ3v) is 3.69. The predicted octanol–water partition coefficient (Wildman–Crippen LogP) is 0.481. The molecule has 1 saturated heterocycles. The highest BCUT2D eigenvalue weighted by atomic mass is 19.4. The monoisotopic (exact) mass is 418 g/mol. The number of hydrogen-bond acceptors (Lipinski definition) is 8. The molecule has 0 saturated carbocycles. The molecule has 0 aliphatic carbocycles. The van der Waals surface area contributed by atoms with Crippen LogP contribution in [0.2, 0.25) is 0 Å². The molecule has 0 radical (unpaired) electrons. The van der Waals surface area contributed by atoms with E-state index < -0.39 is 61.0 Å². The van der Waals surface area contributed by atoms with Crippen molar-refractivity contribution in [1.82, 2.24) is 9.55 Å². The minimum Gasteiger partial charge on any atom is -0.456 e. The van der Waals surface area contributed by atoms with Gasteiger partial charge in [-0.25, -0.2) is 9.59 Å². The zero-order valence-corrected chi connectivity index (χ0v) is 13.2. The highest BCUT2D eigenvalue weighted by molar-refractivity contribution is 5.76. The van der Waals surface area contributed by atoms with Crippen molar-refractivity contribution in [1.29, 1.82) is 0 Å². The second kappa shape index (κ2) is 6.65. The van der Waals surface area contributed by atoms with Crippen LogP contribution < -0.4 is 10.3 Å². The van der Waals surface area contributed by atoms with Crippen LogP contribution in [0.4, 0.5) is 26.3 Å². The van der Waals surface area contributed by atoms with Gasteiger partial charge in [-0.3, -0.25) is 9.36 Å². The Morgan fingerprint density at radius 2 is 1.79 bits per heavy atom. The molecule has 2 aliphatic rings. The van der Waals surface area contributed by atoms with Crippen molar-refractivity contribution in [2.45, 2.75) is 36.9 Å². The average Bonchev–Trinajstić information content (AvgIpc) is 3.06. The number of carbonyl (C=O) groups is 2. The standard InChI is InChI=1S/C13H8F6N2O7/c14-12(15,16)9(23)25-3-4-6(27-10(24)13(17,18)19)7-8(26-4)21-2-1-5(22)20-11(21)28-7/h1-2,4,6-8H,3H2. The molecule has 0 bridgehead atoms. The summed E-state index contributed by atoms with van der Waals surface area (Å²) in [4.78, 5) is 36.7. The summed E-state index contributed by atoms with van der Waals surface area (Å²) < 4.78 is 94.0. The first-order chi connectivity index (χ1) is 12.9. The maximum Gasteiger partial charge on any atom is 0.490 e. The maximum absolute atomic E-state index is 12.5. The molecule has 4 unspecified atom stereocenters. The maximum atomic E-state index is 12.5. The lowest BCUT2D eigenvalue weighted by molar-refractivity contribution is -0.213. The lowest BCUT2D eigenvalue weighted by atomic mass is 10.1. The Balaban J connectivity index is 1.82. The van der Waals surface area contributed by atoms with E-state index in [4.69, 9.17) is 9.47 Å². The van der Waals surface area contributed by atoms with Crippen LogP contribution in [0.3, 0.4) is 0 Å². The first-order valence-corrected chi connectivity index (χ1v) is 7.31. The number of carbonyl (C=O) groups excluding carboxylic acids is 2. The highest BCUT2D eigenvalue weighted by Crippen LogP contribution is 2.41. The van der Waals surface area contributed by atoms with Gasteiger partial charge in [0.1, 0.15) is 12.7 Å². The van der Waals surface area contributed by atoms with E-state index in [9.17, 15) is 40.7 Å². The molecule has 0 N–H and O–H groups in total. The molecule has 2 aliphatic heterocycles. The average molecular weight is 418 g/mol. The number of aromatic nitrogens is 2. The van der Waals surface area contributed by atoms with E-state index >= 15 is 0 Å². The Hall–Kier alpha value is -2.84. The fraction of sp³-hybridized carbons (Fsp3) is 0.538. The van der Waals surface area contributed by atoms with E-state index in [1.165, 1.54) is 0 Å². The van der Waals surface area contributed by atoms with Crippen LogP contribution >= 0.6 is 0 Å². The molecule has 0 aromatic carbocycles. The van der Waals surface area contributed by atoms with Crippen LogP contribution in [0, 0.1) is 0 Å². The van der Waals surface area contributed by atoms with Crippen LogP contribution in [-0.2, 0) is 23.8 Å². The zero-order chi connectivity index (χ0) is 20.9. The van der Waals surface area contributed by atoms with E-state index in [-0.39, 0.29) is 6.01 Å². The van der Waals surface area contributed by atoms with Gasteiger partial charge in [-0.2, -0.15) is 31.3 Å². The van der Waals surface area contributed by atoms with Gasteiger partial charge in [0.2, 0.25) is 0 Å². The fourth-order valence-corrected chi connectivity index (χ4v) is 2.56. The Bertz CT molecular complexity index is 851. The number of halogens is 6. The van der Waals surface area contributed by atoms with E-state index in [2.05, 4.69) is 14.5 Å². The molecule has 9 nitrogen and oxygen atoms in total. The molecule has 0 amide bonds. The van der Waals surface area contributed by atoms with Gasteiger partial charge in [0.05, 0.1) is 0 Å². The molecule has 1 fully saturated rings. The van der Waals surface area contributed by atoms with Gasteiger partial charge in [-0.1, -0.05) is 0 Å². The lowest BCUT2D eigenvalue weighted by Crippen LogP contribution is -2.43. The van der Waals surface area contributed by atoms with Crippen molar-refractivity contribution >= 4 is 11.9 Å². The van der Waals surface area contributed by atoms with Crippen molar-refractivity contribution < 1.29 is 54.9 Å². The highest BCUT2D eigenvalue weighted by Gasteiger charge is 2.57. The summed E-state index contributed by atoms with van der Waals surface area (Å²) in [6.07, 6.45) is -16.0. The SMILES string of the molecule is O=C(OCC1OC2C(Oc3nc(=O)ccn32)C1OC(=O)C(F)(F)F)C(F)(F)F. The summed E-state index contributed by atoms with van der Waals surface area (Å²) in [7, 11) is 0. The Morgan fingerprint density at radius 1 is 1.14 bits per heavy atom. The molecular formula is C13H8F6N2O7. The first kappa shape index (κ1) is 19.9. The summed E-state index contributed by atoms with van der Waals surface area (Å²) in [5.74, 6) is -5.27. The molecule has 28 heavy (non-hydrogen) atoms. The number of fused-ring (bicyclic) bond motifs is 3. The molecule has 154 valence electrons. The summed E-state index contributed by atoms with van der Waals surface area (Å²) in [6.45, 7) is -1.17. The van der Waals surface area contributed by atoms with Gasteiger partial charge < -0.3 is 18.9 Å². The molecule has 0 spiro atoms. The third kappa shape index (κ3) is 3.74. The number of ether oxygens (including phenoxy) is 4. The van der Waals surface area contributed by atoms with E-state index in [0.29, 0.717) is 0 Å². The van der Waals surface area contributed by atoms with Crippen molar-refractivity contribution in [3.63, 3.8) is 0 Å². The molecular weight excluding hydrogens is 410 g/mol. The third-order valence-electron chi connectivity index (χ3n) is 3.69. The number of hydrogen-bond donors (Lipinski definition) is 0. The van der Waals surface area contributed by atoms with Crippen LogP contribution in [0.1, 0.15) is 6.23 Å². The second-order valence-electron chi connectivity index (χ2n) is 5.57. The molecule has 3 rings (SSSR count). The van der Waals surface area contributed by atoms with Crippen LogP contribution in [-0.4, -0.2) is 58.8 Å². The molecule has 4 atom stereocenters. The summed E-state index contributed by atoms with van der Waals surface area (Å²) in [5.41, 5.74) is -0.745. The van der Waals surface area contributed by atoms with Gasteiger partial charge in [0.25, 0.3) is 5.56 Å². The Labute approximate surface area is 149 Å². The lowest BCUT2D eigenvalue weighted by Gasteiger charge is -2.22. The minimum absolute atomic E-state index is 0.360. The van der Waals surface area contributed by atoms with Gasteiger partial charge in [0.15, 0.2) is 18.4 Å². The number of esters is 2. The van der Waals surface area contributed by atoms with Crippen LogP contribution in [0.5, 0.6) is 6.01 Å². The van der Waals surface area contributed by atoms with Crippen molar-refractivity contribution in [2.75, 3.05) is 6.61 Å². The van der Waals surface area contributed by atoms with Crippen molar-refractivity contribution in [3.05, 3.63) is 22.6 Å². The Kier molecular flexibility index (Phi) is 4.73. The van der Waals surface area contributed by atoms with Crippen molar-refractivity contribution in [3.8, 4) is 6.01 Å². The summed E-state index contributed by atoms with van der Waals surface area (Å²) >= 11 is 0. The van der Waals surface area contributed by atoms with Crippen LogP contribution in [0.15, 0.2) is 17.1 Å². The molecule has 1 aromatic rings. The topological polar surface area (TPSA) is 106 Å². The smallest absolute Gasteiger partial charge is 0.456 e. The molecule has 1 aromatic heterocycles. The Morgan fingerprint density at radius 3 is 2.39 bits per heavy atom. The van der Waals surface area contributed by atoms with Gasteiger partial charge in [-0.15, -0.1) is 0 Å². The number of rotatable bonds is 3. The minimum atomic E-state index is -5.41. The first-order valence-electron chi connectivity index (χ1n) is 7.31. The van der Waals surface area contributed by atoms with Gasteiger partial charge in [0, 0.05) is 12.3 Å². The molecule has 15 heteroatoms. The quantitative estimate of drug-likeness (QED) is 0.516.